The van der Waals surface area contributed by atoms with Gasteiger partial charge in [0.25, 0.3) is 0 Å². The number of hydrogen-bond acceptors (Lipinski definition) is 11. The van der Waals surface area contributed by atoms with Gasteiger partial charge >= 0.3 is 5.97 Å². The number of fused-ring (bicyclic) bond motifs is 1. The van der Waals surface area contributed by atoms with Crippen LogP contribution >= 0.6 is 0 Å². The molecule has 0 saturated carbocycles. The van der Waals surface area contributed by atoms with Crippen LogP contribution in [0.2, 0.25) is 0 Å². The molecule has 1 aliphatic heterocycles. The van der Waals surface area contributed by atoms with Crippen molar-refractivity contribution in [3.63, 3.8) is 0 Å². The Balaban J connectivity index is 1.80. The monoisotopic (exact) mass is 542 g/mol. The van der Waals surface area contributed by atoms with Crippen molar-refractivity contribution in [3.8, 4) is 51.7 Å². The number of esters is 1. The van der Waals surface area contributed by atoms with Crippen molar-refractivity contribution in [3.05, 3.63) is 53.1 Å². The van der Waals surface area contributed by atoms with Gasteiger partial charge in [-0.2, -0.15) is 0 Å². The van der Waals surface area contributed by atoms with E-state index in [4.69, 9.17) is 37.9 Å². The fourth-order valence-electron chi connectivity index (χ4n) is 4.48. The molecule has 0 radical (unpaired) electrons. The van der Waals surface area contributed by atoms with Crippen LogP contribution in [0.25, 0.3) is 0 Å². The fourth-order valence-corrected chi connectivity index (χ4v) is 4.48. The van der Waals surface area contributed by atoms with Gasteiger partial charge in [0.2, 0.25) is 11.5 Å². The molecule has 1 heterocycles. The van der Waals surface area contributed by atoms with E-state index in [9.17, 15) is 15.0 Å². The van der Waals surface area contributed by atoms with E-state index in [2.05, 4.69) is 0 Å². The lowest BCUT2D eigenvalue weighted by Gasteiger charge is -2.34. The van der Waals surface area contributed by atoms with E-state index in [-0.39, 0.29) is 35.0 Å². The average molecular weight is 543 g/mol. The summed E-state index contributed by atoms with van der Waals surface area (Å²) in [6.07, 6.45) is -1.52. The summed E-state index contributed by atoms with van der Waals surface area (Å²) in [7, 11) is 8.66. The van der Waals surface area contributed by atoms with Crippen molar-refractivity contribution in [1.29, 1.82) is 0 Å². The molecule has 0 aromatic heterocycles. The zero-order valence-electron chi connectivity index (χ0n) is 22.4. The predicted molar refractivity (Wildman–Crippen MR) is 138 cm³/mol. The Hall–Kier alpha value is -4.67. The van der Waals surface area contributed by atoms with Crippen molar-refractivity contribution < 1.29 is 52.9 Å². The van der Waals surface area contributed by atoms with Crippen molar-refractivity contribution in [2.75, 3.05) is 42.7 Å². The number of ether oxygens (including phenoxy) is 8. The molecule has 11 heteroatoms. The minimum atomic E-state index is -0.864. The van der Waals surface area contributed by atoms with Gasteiger partial charge in [-0.1, -0.05) is 0 Å². The molecular weight excluding hydrogens is 512 g/mol. The van der Waals surface area contributed by atoms with E-state index in [1.807, 2.05) is 0 Å². The van der Waals surface area contributed by atoms with Crippen LogP contribution in [0.5, 0.6) is 51.7 Å². The zero-order chi connectivity index (χ0) is 28.3. The second-order valence-electron chi connectivity index (χ2n) is 8.50. The maximum absolute atomic E-state index is 13.4. The molecule has 39 heavy (non-hydrogen) atoms. The quantitative estimate of drug-likeness (QED) is 0.380. The summed E-state index contributed by atoms with van der Waals surface area (Å²) in [5.74, 6) is 0.984. The van der Waals surface area contributed by atoms with Crippen LogP contribution in [0.1, 0.15) is 27.6 Å². The highest BCUT2D eigenvalue weighted by molar-refractivity contribution is 5.91. The Morgan fingerprint density at radius 1 is 0.744 bits per heavy atom. The second-order valence-corrected chi connectivity index (χ2v) is 8.50. The van der Waals surface area contributed by atoms with Crippen LogP contribution < -0.4 is 33.2 Å². The van der Waals surface area contributed by atoms with Crippen LogP contribution in [0.3, 0.4) is 0 Å². The molecule has 0 bridgehead atoms. The highest BCUT2D eigenvalue weighted by Crippen LogP contribution is 2.47. The van der Waals surface area contributed by atoms with E-state index in [0.29, 0.717) is 39.9 Å². The largest absolute Gasteiger partial charge is 0.508 e. The van der Waals surface area contributed by atoms with Crippen LogP contribution in [-0.4, -0.2) is 64.9 Å². The highest BCUT2D eigenvalue weighted by Gasteiger charge is 2.38. The van der Waals surface area contributed by atoms with Gasteiger partial charge in [0.15, 0.2) is 29.1 Å². The van der Waals surface area contributed by atoms with Crippen molar-refractivity contribution in [1.82, 2.24) is 0 Å². The summed E-state index contributed by atoms with van der Waals surface area (Å²) >= 11 is 0. The van der Waals surface area contributed by atoms with Gasteiger partial charge in [0.05, 0.1) is 48.2 Å². The lowest BCUT2D eigenvalue weighted by atomic mass is 9.93. The summed E-state index contributed by atoms with van der Waals surface area (Å²) < 4.78 is 44.5. The number of aromatic hydroxyl groups is 2. The lowest BCUT2D eigenvalue weighted by molar-refractivity contribution is -0.0189. The number of rotatable bonds is 9. The molecule has 3 aromatic rings. The first-order valence-electron chi connectivity index (χ1n) is 11.8. The minimum absolute atomic E-state index is 0.0462. The zero-order valence-corrected chi connectivity index (χ0v) is 22.4. The molecule has 0 amide bonds. The lowest BCUT2D eigenvalue weighted by Crippen LogP contribution is -2.35. The molecule has 0 aliphatic carbocycles. The molecule has 4 rings (SSSR count). The first-order valence-corrected chi connectivity index (χ1v) is 11.8. The highest BCUT2D eigenvalue weighted by atomic mass is 16.6. The summed E-state index contributed by atoms with van der Waals surface area (Å²) in [5, 5.41) is 20.5. The third kappa shape index (κ3) is 5.20. The van der Waals surface area contributed by atoms with Crippen molar-refractivity contribution in [2.24, 2.45) is 0 Å². The number of benzene rings is 3. The van der Waals surface area contributed by atoms with Crippen molar-refractivity contribution in [2.45, 2.75) is 18.6 Å². The second kappa shape index (κ2) is 11.4. The maximum Gasteiger partial charge on any atom is 0.338 e. The van der Waals surface area contributed by atoms with E-state index in [0.717, 1.165) is 0 Å². The minimum Gasteiger partial charge on any atom is -0.508 e. The van der Waals surface area contributed by atoms with E-state index < -0.39 is 18.2 Å². The number of carbonyl (C=O) groups is 1. The van der Waals surface area contributed by atoms with E-state index >= 15 is 0 Å². The Kier molecular flexibility index (Phi) is 7.99. The van der Waals surface area contributed by atoms with Gasteiger partial charge in [0, 0.05) is 29.7 Å². The Bertz CT molecular complexity index is 1320. The van der Waals surface area contributed by atoms with Gasteiger partial charge in [-0.3, -0.25) is 0 Å². The molecule has 2 unspecified atom stereocenters. The van der Waals surface area contributed by atoms with Gasteiger partial charge in [-0.05, 0) is 24.3 Å². The first kappa shape index (κ1) is 27.4. The first-order chi connectivity index (χ1) is 18.8. The Labute approximate surface area is 225 Å². The number of phenolic OH excluding ortho intramolecular Hbond substituents is 2. The maximum atomic E-state index is 13.4. The van der Waals surface area contributed by atoms with Gasteiger partial charge in [0.1, 0.15) is 23.4 Å². The van der Waals surface area contributed by atoms with Gasteiger partial charge in [-0.25, -0.2) is 4.79 Å². The molecule has 208 valence electrons. The van der Waals surface area contributed by atoms with Crippen LogP contribution in [-0.2, 0) is 11.2 Å². The molecule has 2 N–H and O–H groups in total. The summed E-state index contributed by atoms with van der Waals surface area (Å²) in [5.41, 5.74) is 1.27. The Morgan fingerprint density at radius 3 is 1.82 bits per heavy atom. The number of hydrogen-bond donors (Lipinski definition) is 2. The molecule has 0 saturated heterocycles. The predicted octanol–water partition coefficient (Wildman–Crippen LogP) is 4.05. The normalized spacial score (nSPS) is 15.8. The van der Waals surface area contributed by atoms with Gasteiger partial charge < -0.3 is 48.1 Å². The molecule has 11 nitrogen and oxygen atoms in total. The smallest absolute Gasteiger partial charge is 0.338 e. The number of carbonyl (C=O) groups excluding carboxylic acids is 1. The van der Waals surface area contributed by atoms with Crippen molar-refractivity contribution >= 4 is 5.97 Å². The molecule has 0 fully saturated rings. The summed E-state index contributed by atoms with van der Waals surface area (Å²) in [6, 6.07) is 9.03. The number of phenols is 2. The topological polar surface area (TPSA) is 131 Å². The van der Waals surface area contributed by atoms with Crippen LogP contribution in [0, 0.1) is 0 Å². The molecular formula is C28H30O11. The molecule has 1 aliphatic rings. The molecule has 0 spiro atoms. The Morgan fingerprint density at radius 2 is 1.31 bits per heavy atom. The van der Waals surface area contributed by atoms with E-state index in [1.54, 1.807) is 12.1 Å². The number of methoxy groups -OCH3 is 6. The summed E-state index contributed by atoms with van der Waals surface area (Å²) in [6.45, 7) is 0. The van der Waals surface area contributed by atoms with Gasteiger partial charge in [-0.15, -0.1) is 0 Å². The molecule has 3 aromatic carbocycles. The third-order valence-electron chi connectivity index (χ3n) is 6.36. The fraction of sp³-hybridized carbons (Fsp3) is 0.321. The average Bonchev–Trinajstić information content (AvgIpc) is 2.95. The van der Waals surface area contributed by atoms with Crippen LogP contribution in [0.15, 0.2) is 36.4 Å². The standard InChI is InChI=1S/C28H30O11/c1-32-18-11-16(29)12-19-17(18)13-24(39-28(31)15-9-20(33-2)25(30)21(10-15)34-3)26(38-19)14-7-22(35-4)27(37-6)23(8-14)36-5/h7-12,24,26,29-30H,13H2,1-6H3. The van der Waals surface area contributed by atoms with E-state index in [1.165, 1.54) is 66.9 Å². The van der Waals surface area contributed by atoms with Crippen LogP contribution in [0.4, 0.5) is 0 Å². The SMILES string of the molecule is COc1cc(C(=O)OC2Cc3c(OC)cc(O)cc3OC2c2cc(OC)c(OC)c(OC)c2)cc(OC)c1O. The third-order valence-corrected chi connectivity index (χ3v) is 6.36. The summed E-state index contributed by atoms with van der Waals surface area (Å²) in [4.78, 5) is 13.4. The molecule has 2 atom stereocenters.